The minimum atomic E-state index is -0.398. The maximum absolute atomic E-state index is 11.3. The van der Waals surface area contributed by atoms with E-state index in [2.05, 4.69) is 10.4 Å². The van der Waals surface area contributed by atoms with Gasteiger partial charge in [-0.2, -0.15) is 5.10 Å². The van der Waals surface area contributed by atoms with Crippen LogP contribution in [-0.2, 0) is 20.9 Å². The maximum Gasteiger partial charge on any atom is 0.327 e. The summed E-state index contributed by atoms with van der Waals surface area (Å²) in [7, 11) is 1.57. The van der Waals surface area contributed by atoms with E-state index in [-0.39, 0.29) is 19.1 Å². The van der Waals surface area contributed by atoms with Gasteiger partial charge in [-0.25, -0.2) is 0 Å². The molecular weight excluding hydrogens is 224 g/mol. The van der Waals surface area contributed by atoms with Gasteiger partial charge in [-0.15, -0.1) is 0 Å². The van der Waals surface area contributed by atoms with Crippen molar-refractivity contribution in [2.45, 2.75) is 19.4 Å². The molecule has 7 heteroatoms. The number of rotatable bonds is 6. The predicted octanol–water partition coefficient (Wildman–Crippen LogP) is -0.465. The molecule has 0 aliphatic carbocycles. The van der Waals surface area contributed by atoms with Gasteiger partial charge in [0.2, 0.25) is 5.91 Å². The summed E-state index contributed by atoms with van der Waals surface area (Å²) in [6.45, 7) is 0.250. The smallest absolute Gasteiger partial charge is 0.327 e. The van der Waals surface area contributed by atoms with Crippen LogP contribution in [0.25, 0.3) is 0 Å². The Labute approximate surface area is 98.9 Å². The molecule has 17 heavy (non-hydrogen) atoms. The summed E-state index contributed by atoms with van der Waals surface area (Å²) in [6.07, 6.45) is 2.45. The molecular formula is C10H16N4O3. The zero-order chi connectivity index (χ0) is 12.7. The average molecular weight is 240 g/mol. The minimum Gasteiger partial charge on any atom is -0.464 e. The summed E-state index contributed by atoms with van der Waals surface area (Å²) < 4.78 is 6.33. The highest BCUT2D eigenvalue weighted by Gasteiger charge is 2.05. The standard InChI is InChI=1S/C10H16N4O3/c1-12-9(15)3-2-6-17-10(16)7-14-5-4-8(11)13-14/h4-5H,2-3,6-7H2,1H3,(H2,11,13)(H,12,15). The third-order valence-corrected chi connectivity index (χ3v) is 2.04. The molecule has 1 aromatic heterocycles. The van der Waals surface area contributed by atoms with Gasteiger partial charge >= 0.3 is 5.97 Å². The molecule has 0 aliphatic rings. The number of carbonyl (C=O) groups is 2. The summed E-state index contributed by atoms with van der Waals surface area (Å²) in [5.74, 6) is -0.108. The molecule has 0 bridgehead atoms. The monoisotopic (exact) mass is 240 g/mol. The molecule has 0 aromatic carbocycles. The lowest BCUT2D eigenvalue weighted by atomic mass is 10.3. The lowest BCUT2D eigenvalue weighted by Crippen LogP contribution is -2.19. The zero-order valence-electron chi connectivity index (χ0n) is 9.68. The molecule has 0 atom stereocenters. The number of anilines is 1. The molecule has 3 N–H and O–H groups in total. The van der Waals surface area contributed by atoms with Crippen LogP contribution in [0.1, 0.15) is 12.8 Å². The Balaban J connectivity index is 2.15. The topological polar surface area (TPSA) is 99.2 Å². The van der Waals surface area contributed by atoms with Crippen molar-refractivity contribution in [3.8, 4) is 0 Å². The van der Waals surface area contributed by atoms with Gasteiger partial charge in [-0.1, -0.05) is 0 Å². The number of carbonyl (C=O) groups excluding carboxylic acids is 2. The lowest BCUT2D eigenvalue weighted by molar-refractivity contribution is -0.145. The highest BCUT2D eigenvalue weighted by atomic mass is 16.5. The van der Waals surface area contributed by atoms with Gasteiger partial charge in [0.1, 0.15) is 12.4 Å². The fourth-order valence-electron chi connectivity index (χ4n) is 1.19. The first-order chi connectivity index (χ1) is 8.11. The molecule has 0 saturated carbocycles. The predicted molar refractivity (Wildman–Crippen MR) is 60.9 cm³/mol. The van der Waals surface area contributed by atoms with Gasteiger partial charge < -0.3 is 15.8 Å². The number of hydrogen-bond donors (Lipinski definition) is 2. The molecule has 7 nitrogen and oxygen atoms in total. The van der Waals surface area contributed by atoms with E-state index in [1.807, 2.05) is 0 Å². The van der Waals surface area contributed by atoms with Gasteiger partial charge in [-0.3, -0.25) is 14.3 Å². The molecule has 1 amide bonds. The highest BCUT2D eigenvalue weighted by molar-refractivity contribution is 5.75. The molecule has 0 spiro atoms. The van der Waals surface area contributed by atoms with E-state index in [0.717, 1.165) is 0 Å². The van der Waals surface area contributed by atoms with E-state index in [1.54, 1.807) is 19.3 Å². The SMILES string of the molecule is CNC(=O)CCCOC(=O)Cn1ccc(N)n1. The van der Waals surface area contributed by atoms with Crippen molar-refractivity contribution in [2.75, 3.05) is 19.4 Å². The third kappa shape index (κ3) is 5.01. The third-order valence-electron chi connectivity index (χ3n) is 2.04. The highest BCUT2D eigenvalue weighted by Crippen LogP contribution is 1.97. The number of nitrogen functional groups attached to an aromatic ring is 1. The number of nitrogens with zero attached hydrogens (tertiary/aromatic N) is 2. The second-order valence-electron chi connectivity index (χ2n) is 3.44. The van der Waals surface area contributed by atoms with Crippen LogP contribution in [0, 0.1) is 0 Å². The molecule has 0 aliphatic heterocycles. The van der Waals surface area contributed by atoms with E-state index in [4.69, 9.17) is 10.5 Å². The Morgan fingerprint density at radius 3 is 2.94 bits per heavy atom. The fraction of sp³-hybridized carbons (Fsp3) is 0.500. The summed E-state index contributed by atoms with van der Waals surface area (Å²) in [4.78, 5) is 22.2. The summed E-state index contributed by atoms with van der Waals surface area (Å²) in [6, 6.07) is 1.60. The van der Waals surface area contributed by atoms with Crippen molar-refractivity contribution >= 4 is 17.7 Å². The van der Waals surface area contributed by atoms with E-state index < -0.39 is 5.97 Å². The second kappa shape index (κ2) is 6.51. The summed E-state index contributed by atoms with van der Waals surface area (Å²) >= 11 is 0. The van der Waals surface area contributed by atoms with Crippen LogP contribution < -0.4 is 11.1 Å². The van der Waals surface area contributed by atoms with Gasteiger partial charge in [0.25, 0.3) is 0 Å². The number of amides is 1. The van der Waals surface area contributed by atoms with Crippen molar-refractivity contribution < 1.29 is 14.3 Å². The largest absolute Gasteiger partial charge is 0.464 e. The Kier molecular flexibility index (Phi) is 4.99. The van der Waals surface area contributed by atoms with Crippen LogP contribution in [0.4, 0.5) is 5.82 Å². The van der Waals surface area contributed by atoms with Crippen molar-refractivity contribution in [3.05, 3.63) is 12.3 Å². The van der Waals surface area contributed by atoms with Crippen LogP contribution in [0.2, 0.25) is 0 Å². The average Bonchev–Trinajstić information content (AvgIpc) is 2.69. The number of nitrogens with two attached hydrogens (primary N) is 1. The molecule has 1 heterocycles. The van der Waals surface area contributed by atoms with Crippen molar-refractivity contribution in [3.63, 3.8) is 0 Å². The number of hydrogen-bond acceptors (Lipinski definition) is 5. The molecule has 0 fully saturated rings. The van der Waals surface area contributed by atoms with Crippen LogP contribution >= 0.6 is 0 Å². The first-order valence-corrected chi connectivity index (χ1v) is 5.27. The summed E-state index contributed by atoms with van der Waals surface area (Å²) in [5.41, 5.74) is 5.40. The van der Waals surface area contributed by atoms with Crippen molar-refractivity contribution in [1.82, 2.24) is 15.1 Å². The lowest BCUT2D eigenvalue weighted by Gasteiger charge is -2.04. The van der Waals surface area contributed by atoms with Crippen LogP contribution in [0.15, 0.2) is 12.3 Å². The number of ether oxygens (including phenoxy) is 1. The molecule has 1 aromatic rings. The van der Waals surface area contributed by atoms with Gasteiger partial charge in [0, 0.05) is 19.7 Å². The van der Waals surface area contributed by atoms with Crippen LogP contribution in [0.5, 0.6) is 0 Å². The Morgan fingerprint density at radius 2 is 2.35 bits per heavy atom. The van der Waals surface area contributed by atoms with E-state index in [1.165, 1.54) is 4.68 Å². The molecule has 0 unspecified atom stereocenters. The maximum atomic E-state index is 11.3. The number of nitrogens with one attached hydrogen (secondary N) is 1. The van der Waals surface area contributed by atoms with Crippen LogP contribution in [-0.4, -0.2) is 35.3 Å². The fourth-order valence-corrected chi connectivity index (χ4v) is 1.19. The molecule has 0 radical (unpaired) electrons. The van der Waals surface area contributed by atoms with E-state index in [9.17, 15) is 9.59 Å². The van der Waals surface area contributed by atoms with Crippen LogP contribution in [0.3, 0.4) is 0 Å². The van der Waals surface area contributed by atoms with Gasteiger partial charge in [0.15, 0.2) is 0 Å². The van der Waals surface area contributed by atoms with Crippen molar-refractivity contribution in [1.29, 1.82) is 0 Å². The first-order valence-electron chi connectivity index (χ1n) is 5.27. The normalized spacial score (nSPS) is 9.94. The van der Waals surface area contributed by atoms with E-state index in [0.29, 0.717) is 18.7 Å². The van der Waals surface area contributed by atoms with E-state index >= 15 is 0 Å². The molecule has 0 saturated heterocycles. The summed E-state index contributed by atoms with van der Waals surface area (Å²) in [5, 5.41) is 6.34. The van der Waals surface area contributed by atoms with Crippen molar-refractivity contribution in [2.24, 2.45) is 0 Å². The second-order valence-corrected chi connectivity index (χ2v) is 3.44. The van der Waals surface area contributed by atoms with Gasteiger partial charge in [0.05, 0.1) is 6.61 Å². The Morgan fingerprint density at radius 1 is 1.59 bits per heavy atom. The first kappa shape index (κ1) is 13.0. The van der Waals surface area contributed by atoms with Gasteiger partial charge in [-0.05, 0) is 12.5 Å². The number of esters is 1. The minimum absolute atomic E-state index is 0.0250. The quantitative estimate of drug-likeness (QED) is 0.517. The Bertz CT molecular complexity index is 389. The Hall–Kier alpha value is -2.05. The molecule has 94 valence electrons. The molecule has 1 rings (SSSR count). The number of aromatic nitrogens is 2. The zero-order valence-corrected chi connectivity index (χ0v) is 9.68.